The molecule has 0 bridgehead atoms. The summed E-state index contributed by atoms with van der Waals surface area (Å²) >= 11 is 9.58. The number of H-pyrrole nitrogens is 1. The second kappa shape index (κ2) is 8.48. The summed E-state index contributed by atoms with van der Waals surface area (Å²) < 4.78 is 9.19. The third kappa shape index (κ3) is 4.26. The monoisotopic (exact) mass is 592 g/mol. The number of phenols is 1. The summed E-state index contributed by atoms with van der Waals surface area (Å²) in [5.74, 6) is 1.50. The van der Waals surface area contributed by atoms with Gasteiger partial charge in [0.05, 0.1) is 16.4 Å². The van der Waals surface area contributed by atoms with Crippen LogP contribution in [0.3, 0.4) is 0 Å². The van der Waals surface area contributed by atoms with E-state index in [9.17, 15) is 5.11 Å². The van der Waals surface area contributed by atoms with Gasteiger partial charge in [0.25, 0.3) is 0 Å². The minimum atomic E-state index is 0.185. The van der Waals surface area contributed by atoms with E-state index in [1.807, 2.05) is 43.3 Å². The summed E-state index contributed by atoms with van der Waals surface area (Å²) in [5.41, 5.74) is 1.43. The first kappa shape index (κ1) is 19.3. The highest BCUT2D eigenvalue weighted by Gasteiger charge is 2.10. The molecule has 0 spiro atoms. The van der Waals surface area contributed by atoms with Crippen molar-refractivity contribution >= 4 is 63.6 Å². The molecule has 0 saturated carbocycles. The zero-order valence-corrected chi connectivity index (χ0v) is 18.7. The van der Waals surface area contributed by atoms with Crippen LogP contribution in [-0.2, 0) is 0 Å². The minimum Gasteiger partial charge on any atom is -0.506 e. The number of halogens is 2. The van der Waals surface area contributed by atoms with Gasteiger partial charge >= 0.3 is 0 Å². The van der Waals surface area contributed by atoms with E-state index in [1.54, 1.807) is 6.21 Å². The van der Waals surface area contributed by atoms with E-state index in [1.165, 1.54) is 4.68 Å². The standard InChI is InChI=1S/C17H14I2N4O2S/c1-2-25-13-5-3-4-10(7-13)16-21-22-17(26)23(16)20-9-11-6-12(18)8-14(19)15(11)24/h3-9,24H,2H2,1H3,(H,22,26)/b20-9-. The van der Waals surface area contributed by atoms with Crippen molar-refractivity contribution in [1.82, 2.24) is 14.9 Å². The SMILES string of the molecule is CCOc1cccc(-c2n[nH]c(=S)n2/N=C\c2cc(I)cc(I)c2O)c1. The lowest BCUT2D eigenvalue weighted by atomic mass is 10.2. The zero-order valence-electron chi connectivity index (χ0n) is 13.6. The van der Waals surface area contributed by atoms with Crippen molar-refractivity contribution in [2.24, 2.45) is 5.10 Å². The molecule has 6 nitrogen and oxygen atoms in total. The molecule has 0 radical (unpaired) electrons. The maximum Gasteiger partial charge on any atom is 0.216 e. The highest BCUT2D eigenvalue weighted by Crippen LogP contribution is 2.26. The number of hydrogen-bond donors (Lipinski definition) is 2. The van der Waals surface area contributed by atoms with Gasteiger partial charge in [-0.1, -0.05) is 12.1 Å². The fraction of sp³-hybridized carbons (Fsp3) is 0.118. The first-order chi connectivity index (χ1) is 12.5. The lowest BCUT2D eigenvalue weighted by Gasteiger charge is -2.06. The van der Waals surface area contributed by atoms with E-state index < -0.39 is 0 Å². The van der Waals surface area contributed by atoms with Crippen LogP contribution in [0.5, 0.6) is 11.5 Å². The highest BCUT2D eigenvalue weighted by molar-refractivity contribution is 14.1. The molecule has 0 saturated heterocycles. The van der Waals surface area contributed by atoms with Gasteiger partial charge in [0.2, 0.25) is 4.77 Å². The molecule has 3 aromatic rings. The van der Waals surface area contributed by atoms with Gasteiger partial charge in [0.15, 0.2) is 5.82 Å². The Kier molecular flexibility index (Phi) is 6.29. The zero-order chi connectivity index (χ0) is 18.7. The molecule has 3 rings (SSSR count). The van der Waals surface area contributed by atoms with Crippen LogP contribution >= 0.6 is 57.4 Å². The number of nitrogens with one attached hydrogen (secondary N) is 1. The van der Waals surface area contributed by atoms with Crippen molar-refractivity contribution in [3.05, 3.63) is 53.9 Å². The van der Waals surface area contributed by atoms with Crippen LogP contribution in [0.4, 0.5) is 0 Å². The molecule has 1 heterocycles. The number of benzene rings is 2. The number of nitrogens with zero attached hydrogens (tertiary/aromatic N) is 3. The second-order valence-corrected chi connectivity index (χ2v) is 7.99. The van der Waals surface area contributed by atoms with Crippen molar-refractivity contribution in [2.75, 3.05) is 6.61 Å². The molecule has 9 heteroatoms. The molecular weight excluding hydrogens is 578 g/mol. The second-order valence-electron chi connectivity index (χ2n) is 5.20. The molecule has 0 aliphatic rings. The van der Waals surface area contributed by atoms with E-state index in [2.05, 4.69) is 60.5 Å². The quantitative estimate of drug-likeness (QED) is 0.254. The lowest BCUT2D eigenvalue weighted by Crippen LogP contribution is -1.97. The summed E-state index contributed by atoms with van der Waals surface area (Å²) in [6.45, 7) is 2.52. The summed E-state index contributed by atoms with van der Waals surface area (Å²) in [5, 5.41) is 21.7. The van der Waals surface area contributed by atoms with E-state index in [-0.39, 0.29) is 5.75 Å². The maximum atomic E-state index is 10.2. The van der Waals surface area contributed by atoms with Gasteiger partial charge in [-0.25, -0.2) is 5.10 Å². The predicted octanol–water partition coefficient (Wildman–Crippen LogP) is 4.80. The van der Waals surface area contributed by atoms with Crippen LogP contribution in [0.1, 0.15) is 12.5 Å². The molecule has 0 aliphatic heterocycles. The Morgan fingerprint density at radius 2 is 2.15 bits per heavy atom. The largest absolute Gasteiger partial charge is 0.506 e. The van der Waals surface area contributed by atoms with Crippen molar-refractivity contribution in [3.8, 4) is 22.9 Å². The van der Waals surface area contributed by atoms with Crippen LogP contribution in [0.25, 0.3) is 11.4 Å². The number of phenolic OH excluding ortho intramolecular Hbond substituents is 1. The average Bonchev–Trinajstić information content (AvgIpc) is 2.98. The minimum absolute atomic E-state index is 0.185. The number of ether oxygens (including phenoxy) is 1. The Bertz CT molecular complexity index is 1030. The number of hydrogen-bond acceptors (Lipinski definition) is 5. The fourth-order valence-electron chi connectivity index (χ4n) is 2.28. The summed E-state index contributed by atoms with van der Waals surface area (Å²) in [4.78, 5) is 0. The smallest absolute Gasteiger partial charge is 0.216 e. The highest BCUT2D eigenvalue weighted by atomic mass is 127. The van der Waals surface area contributed by atoms with Crippen LogP contribution in [0.2, 0.25) is 0 Å². The first-order valence-electron chi connectivity index (χ1n) is 7.62. The van der Waals surface area contributed by atoms with Crippen LogP contribution < -0.4 is 4.74 Å². The van der Waals surface area contributed by atoms with Gasteiger partial charge in [-0.3, -0.25) is 0 Å². The molecular formula is C17H14I2N4O2S. The van der Waals surface area contributed by atoms with Crippen molar-refractivity contribution in [2.45, 2.75) is 6.92 Å². The van der Waals surface area contributed by atoms with Crippen LogP contribution in [-0.4, -0.2) is 32.8 Å². The lowest BCUT2D eigenvalue weighted by molar-refractivity contribution is 0.340. The Hall–Kier alpha value is -1.47. The fourth-order valence-corrected chi connectivity index (χ4v) is 4.35. The third-order valence-electron chi connectivity index (χ3n) is 3.42. The van der Waals surface area contributed by atoms with Gasteiger partial charge < -0.3 is 9.84 Å². The van der Waals surface area contributed by atoms with E-state index in [0.29, 0.717) is 22.8 Å². The number of rotatable bonds is 5. The number of aromatic nitrogens is 3. The number of aromatic amines is 1. The van der Waals surface area contributed by atoms with Crippen LogP contribution in [0.15, 0.2) is 41.5 Å². The van der Waals surface area contributed by atoms with Gasteiger partial charge in [-0.15, -0.1) is 0 Å². The van der Waals surface area contributed by atoms with E-state index in [0.717, 1.165) is 18.5 Å². The van der Waals surface area contributed by atoms with Crippen molar-refractivity contribution < 1.29 is 9.84 Å². The Morgan fingerprint density at radius 1 is 1.35 bits per heavy atom. The molecule has 134 valence electrons. The Labute approximate surface area is 182 Å². The average molecular weight is 592 g/mol. The van der Waals surface area contributed by atoms with Crippen molar-refractivity contribution in [1.29, 1.82) is 0 Å². The molecule has 2 N–H and O–H groups in total. The molecule has 0 aliphatic carbocycles. The van der Waals surface area contributed by atoms with Gasteiger partial charge in [-0.2, -0.15) is 14.9 Å². The molecule has 0 fully saturated rings. The Morgan fingerprint density at radius 3 is 2.92 bits per heavy atom. The van der Waals surface area contributed by atoms with Gasteiger partial charge in [0, 0.05) is 14.7 Å². The summed E-state index contributed by atoms with van der Waals surface area (Å²) in [6.07, 6.45) is 1.57. The molecule has 26 heavy (non-hydrogen) atoms. The molecule has 1 aromatic heterocycles. The van der Waals surface area contributed by atoms with Crippen LogP contribution in [0, 0.1) is 11.9 Å². The summed E-state index contributed by atoms with van der Waals surface area (Å²) in [7, 11) is 0. The maximum absolute atomic E-state index is 10.2. The summed E-state index contributed by atoms with van der Waals surface area (Å²) in [6, 6.07) is 11.3. The molecule has 0 amide bonds. The van der Waals surface area contributed by atoms with E-state index >= 15 is 0 Å². The van der Waals surface area contributed by atoms with Gasteiger partial charge in [-0.05, 0) is 88.6 Å². The van der Waals surface area contributed by atoms with Gasteiger partial charge in [0.1, 0.15) is 11.5 Å². The normalized spacial score (nSPS) is 11.2. The van der Waals surface area contributed by atoms with Crippen molar-refractivity contribution in [3.63, 3.8) is 0 Å². The molecule has 2 aromatic carbocycles. The Balaban J connectivity index is 2.02. The first-order valence-corrected chi connectivity index (χ1v) is 10.2. The number of aromatic hydroxyl groups is 1. The molecule has 0 atom stereocenters. The van der Waals surface area contributed by atoms with E-state index in [4.69, 9.17) is 17.0 Å². The topological polar surface area (TPSA) is 75.4 Å². The predicted molar refractivity (Wildman–Crippen MR) is 121 cm³/mol. The third-order valence-corrected chi connectivity index (χ3v) is 5.13. The molecule has 0 unspecified atom stereocenters.